The van der Waals surface area contributed by atoms with Crippen LogP contribution in [0.5, 0.6) is 0 Å². The lowest BCUT2D eigenvalue weighted by molar-refractivity contribution is -0.136. The second-order valence-corrected chi connectivity index (χ2v) is 13.7. The average molecular weight is 767 g/mol. The van der Waals surface area contributed by atoms with Gasteiger partial charge in [-0.1, -0.05) is 48.5 Å². The number of carbonyl (C=O) groups is 7. The first-order valence-electron chi connectivity index (χ1n) is 18.3. The van der Waals surface area contributed by atoms with E-state index in [4.69, 9.17) is 5.73 Å². The van der Waals surface area contributed by atoms with Gasteiger partial charge < -0.3 is 26.6 Å². The van der Waals surface area contributed by atoms with Crippen molar-refractivity contribution in [1.29, 1.82) is 0 Å². The number of pyridine rings is 1. The topological polar surface area (TPSA) is 213 Å². The van der Waals surface area contributed by atoms with E-state index < -0.39 is 35.6 Å². The summed E-state index contributed by atoms with van der Waals surface area (Å²) in [6, 6.07) is 25.9. The van der Waals surface area contributed by atoms with Crippen molar-refractivity contribution in [3.8, 4) is 11.1 Å². The fraction of sp³-hybridized carbons (Fsp3) is 0.190. The molecular weight excluding hydrogens is 729 g/mol. The monoisotopic (exact) mass is 766 g/mol. The lowest BCUT2D eigenvalue weighted by Crippen LogP contribution is -2.54. The van der Waals surface area contributed by atoms with Gasteiger partial charge in [0.2, 0.25) is 17.7 Å². The van der Waals surface area contributed by atoms with Crippen molar-refractivity contribution in [1.82, 2.24) is 25.8 Å². The maximum absolute atomic E-state index is 13.4. The molecule has 7 rings (SSSR count). The first-order valence-corrected chi connectivity index (χ1v) is 18.3. The van der Waals surface area contributed by atoms with Gasteiger partial charge in [0.05, 0.1) is 40.1 Å². The van der Waals surface area contributed by atoms with E-state index in [0.717, 1.165) is 27.1 Å². The van der Waals surface area contributed by atoms with E-state index in [1.807, 2.05) is 60.7 Å². The van der Waals surface area contributed by atoms with Crippen LogP contribution in [0, 0.1) is 0 Å². The molecule has 1 unspecified atom stereocenters. The number of benzene rings is 4. The van der Waals surface area contributed by atoms with Crippen LogP contribution in [0.3, 0.4) is 0 Å². The molecule has 1 fully saturated rings. The number of aromatic nitrogens is 1. The predicted molar refractivity (Wildman–Crippen MR) is 212 cm³/mol. The molecule has 1 aromatic heterocycles. The molecule has 15 nitrogen and oxygen atoms in total. The minimum absolute atomic E-state index is 0.0122. The van der Waals surface area contributed by atoms with Crippen LogP contribution in [-0.2, 0) is 14.4 Å². The summed E-state index contributed by atoms with van der Waals surface area (Å²) in [5.41, 5.74) is 10.7. The molecule has 0 spiro atoms. The number of primary amides is 1. The number of nitrogens with two attached hydrogens (primary N) is 1. The van der Waals surface area contributed by atoms with Crippen LogP contribution < -0.4 is 31.9 Å². The zero-order valence-corrected chi connectivity index (χ0v) is 30.8. The molecule has 0 saturated carbocycles. The average Bonchev–Trinajstić information content (AvgIpc) is 3.46. The molecule has 57 heavy (non-hydrogen) atoms. The van der Waals surface area contributed by atoms with Crippen molar-refractivity contribution in [2.24, 2.45) is 5.73 Å². The summed E-state index contributed by atoms with van der Waals surface area (Å²) < 4.78 is 0. The highest BCUT2D eigenvalue weighted by Crippen LogP contribution is 2.34. The van der Waals surface area contributed by atoms with E-state index in [1.165, 1.54) is 12.3 Å². The minimum Gasteiger partial charge on any atom is -0.365 e. The molecule has 0 aliphatic carbocycles. The van der Waals surface area contributed by atoms with Crippen molar-refractivity contribution in [2.45, 2.75) is 25.3 Å². The molecule has 0 bridgehead atoms. The maximum atomic E-state index is 13.4. The summed E-state index contributed by atoms with van der Waals surface area (Å²) in [7, 11) is 1.62. The summed E-state index contributed by atoms with van der Waals surface area (Å²) in [6.07, 6.45) is 1.97. The van der Waals surface area contributed by atoms with Gasteiger partial charge in [-0.05, 0) is 66.4 Å². The van der Waals surface area contributed by atoms with E-state index in [1.54, 1.807) is 36.2 Å². The number of fused-ring (bicyclic) bond motifs is 2. The standard InChI is InChI=1S/C42H38N8O7/c1-49(32-10-5-9-29-36(32)42(57)50(41(29)56)33-17-18-34(51)48-40(33)55)23-35(52)44-19-6-20-45-39(54)25-13-11-24(12-14-25)26-15-16-28-31(21-26)46-22-30(38(43)53)37(28)47-27-7-3-2-4-8-27/h2-5,7-16,21-22,33H,6,17-20,23H2,1H3,(H2,43,53)(H,44,52)(H,45,54)(H,46,47)(H,48,51,55). The Labute approximate surface area is 326 Å². The third kappa shape index (κ3) is 7.89. The smallest absolute Gasteiger partial charge is 0.264 e. The summed E-state index contributed by atoms with van der Waals surface area (Å²) in [6.45, 7) is 0.458. The number of rotatable bonds is 13. The first-order chi connectivity index (χ1) is 27.5. The Kier molecular flexibility index (Phi) is 10.7. The molecule has 2 aliphatic rings. The molecule has 4 aromatic carbocycles. The van der Waals surface area contributed by atoms with E-state index in [-0.39, 0.29) is 54.4 Å². The van der Waals surface area contributed by atoms with Gasteiger partial charge in [0.25, 0.3) is 23.6 Å². The number of piperidine rings is 1. The van der Waals surface area contributed by atoms with Crippen molar-refractivity contribution in [2.75, 3.05) is 36.9 Å². The van der Waals surface area contributed by atoms with E-state index in [0.29, 0.717) is 35.4 Å². The highest BCUT2D eigenvalue weighted by atomic mass is 16.2. The maximum Gasteiger partial charge on any atom is 0.264 e. The molecule has 6 N–H and O–H groups in total. The van der Waals surface area contributed by atoms with Crippen LogP contribution in [0.2, 0.25) is 0 Å². The Morgan fingerprint density at radius 1 is 0.877 bits per heavy atom. The molecule has 288 valence electrons. The van der Waals surface area contributed by atoms with Gasteiger partial charge in [-0.15, -0.1) is 0 Å². The minimum atomic E-state index is -1.09. The fourth-order valence-electron chi connectivity index (χ4n) is 6.97. The van der Waals surface area contributed by atoms with Crippen LogP contribution >= 0.6 is 0 Å². The molecular formula is C42H38N8O7. The third-order valence-corrected chi connectivity index (χ3v) is 9.86. The van der Waals surface area contributed by atoms with Crippen LogP contribution in [0.15, 0.2) is 97.2 Å². The van der Waals surface area contributed by atoms with Gasteiger partial charge in [-0.3, -0.25) is 48.8 Å². The van der Waals surface area contributed by atoms with Gasteiger partial charge in [0.15, 0.2) is 0 Å². The van der Waals surface area contributed by atoms with Crippen molar-refractivity contribution in [3.63, 3.8) is 0 Å². The number of nitrogens with zero attached hydrogens (tertiary/aromatic N) is 3. The Morgan fingerprint density at radius 2 is 1.61 bits per heavy atom. The van der Waals surface area contributed by atoms with Crippen LogP contribution in [-0.4, -0.2) is 84.0 Å². The van der Waals surface area contributed by atoms with Gasteiger partial charge in [-0.2, -0.15) is 0 Å². The number of carbonyl (C=O) groups excluding carboxylic acids is 7. The number of amides is 7. The normalized spacial score (nSPS) is 14.9. The second-order valence-electron chi connectivity index (χ2n) is 13.7. The molecule has 3 heterocycles. The van der Waals surface area contributed by atoms with Crippen molar-refractivity contribution < 1.29 is 33.6 Å². The SMILES string of the molecule is CN(CC(=O)NCCCNC(=O)c1ccc(-c2ccc3c(Nc4ccccc4)c(C(N)=O)cnc3c2)cc1)c1cccc2c1C(=O)N(C1CCC(=O)NC1=O)C2=O. The number of hydrogen-bond acceptors (Lipinski definition) is 10. The van der Waals surface area contributed by atoms with Gasteiger partial charge in [0.1, 0.15) is 6.04 Å². The van der Waals surface area contributed by atoms with Crippen molar-refractivity contribution in [3.05, 3.63) is 119 Å². The Hall–Kier alpha value is -7.42. The number of hydrogen-bond donors (Lipinski definition) is 5. The van der Waals surface area contributed by atoms with Crippen molar-refractivity contribution >= 4 is 69.3 Å². The van der Waals surface area contributed by atoms with Gasteiger partial charge in [0, 0.05) is 49.4 Å². The number of anilines is 3. The van der Waals surface area contributed by atoms with Gasteiger partial charge in [-0.25, -0.2) is 0 Å². The zero-order valence-electron chi connectivity index (χ0n) is 30.8. The highest BCUT2D eigenvalue weighted by Gasteiger charge is 2.46. The molecule has 2 aliphatic heterocycles. The largest absolute Gasteiger partial charge is 0.365 e. The first kappa shape index (κ1) is 37.9. The summed E-state index contributed by atoms with van der Waals surface area (Å²) in [5, 5.41) is 11.9. The van der Waals surface area contributed by atoms with E-state index in [2.05, 4.69) is 26.3 Å². The molecule has 7 amide bonds. The van der Waals surface area contributed by atoms with Crippen LogP contribution in [0.25, 0.3) is 22.0 Å². The molecule has 15 heteroatoms. The summed E-state index contributed by atoms with van der Waals surface area (Å²) in [4.78, 5) is 95.4. The summed E-state index contributed by atoms with van der Waals surface area (Å²) in [5.74, 6) is -3.64. The van der Waals surface area contributed by atoms with E-state index in [9.17, 15) is 33.6 Å². The Morgan fingerprint density at radius 3 is 2.35 bits per heavy atom. The van der Waals surface area contributed by atoms with Gasteiger partial charge >= 0.3 is 0 Å². The summed E-state index contributed by atoms with van der Waals surface area (Å²) >= 11 is 0. The lowest BCUT2D eigenvalue weighted by atomic mass is 10.0. The fourth-order valence-corrected chi connectivity index (χ4v) is 6.97. The second kappa shape index (κ2) is 16.1. The quantitative estimate of drug-likeness (QED) is 0.0869. The van der Waals surface area contributed by atoms with Crippen LogP contribution in [0.1, 0.15) is 60.7 Å². The highest BCUT2D eigenvalue weighted by molar-refractivity contribution is 6.25. The number of likely N-dealkylation sites (N-methyl/N-ethyl adjacent to an activating group) is 1. The molecule has 0 radical (unpaired) electrons. The Balaban J connectivity index is 0.899. The molecule has 1 atom stereocenters. The molecule has 1 saturated heterocycles. The number of nitrogens with one attached hydrogen (secondary N) is 4. The lowest BCUT2D eigenvalue weighted by Gasteiger charge is -2.28. The van der Waals surface area contributed by atoms with Crippen LogP contribution in [0.4, 0.5) is 17.1 Å². The van der Waals surface area contributed by atoms with E-state index >= 15 is 0 Å². The third-order valence-electron chi connectivity index (χ3n) is 9.86. The predicted octanol–water partition coefficient (Wildman–Crippen LogP) is 3.52. The zero-order chi connectivity index (χ0) is 40.2. The number of imide groups is 2. The Bertz CT molecular complexity index is 2450. The molecule has 5 aromatic rings. The number of para-hydroxylation sites is 1.